The zero-order valence-corrected chi connectivity index (χ0v) is 17.0. The molecule has 0 unspecified atom stereocenters. The lowest BCUT2D eigenvalue weighted by Crippen LogP contribution is -2.43. The number of hydrogen-bond donors (Lipinski definition) is 1. The summed E-state index contributed by atoms with van der Waals surface area (Å²) in [6, 6.07) is 0. The molecule has 0 fully saturated rings. The summed E-state index contributed by atoms with van der Waals surface area (Å²) in [5.74, 6) is 0.276. The van der Waals surface area contributed by atoms with E-state index in [1.807, 2.05) is 39.8 Å². The first-order valence-electron chi connectivity index (χ1n) is 8.21. The highest BCUT2D eigenvalue weighted by Gasteiger charge is 2.34. The second-order valence-electron chi connectivity index (χ2n) is 8.56. The maximum atomic E-state index is 8.12. The van der Waals surface area contributed by atoms with Crippen LogP contribution in [-0.2, 0) is 13.7 Å². The normalized spacial score (nSPS) is 26.9. The number of hydrogen-bond acceptors (Lipinski definition) is 4. The first kappa shape index (κ1) is 20.5. The van der Waals surface area contributed by atoms with Crippen LogP contribution in [0.1, 0.15) is 48.5 Å². The molecule has 0 spiro atoms. The lowest BCUT2D eigenvalue weighted by Gasteiger charge is -2.45. The van der Waals surface area contributed by atoms with Gasteiger partial charge in [0.1, 0.15) is 12.2 Å². The quantitative estimate of drug-likeness (QED) is 0.462. The Bertz CT molecular complexity index is 446. The van der Waals surface area contributed by atoms with E-state index in [2.05, 4.69) is 33.3 Å². The fourth-order valence-electron chi connectivity index (χ4n) is 1.76. The summed E-state index contributed by atoms with van der Waals surface area (Å²) in [4.78, 5) is 0. The molecule has 23 heavy (non-hydrogen) atoms. The molecule has 0 amide bonds. The Balaban J connectivity index is 2.77. The van der Waals surface area contributed by atoms with Crippen LogP contribution in [0.5, 0.6) is 0 Å². The molecule has 3 atom stereocenters. The maximum Gasteiger partial charge on any atom is 0.186 e. The van der Waals surface area contributed by atoms with Crippen molar-refractivity contribution in [1.29, 1.82) is 5.41 Å². The third kappa shape index (κ3) is 5.80. The van der Waals surface area contributed by atoms with E-state index >= 15 is 0 Å². The highest BCUT2D eigenvalue weighted by Crippen LogP contribution is 2.53. The second-order valence-corrected chi connectivity index (χ2v) is 12.5. The average molecular weight is 346 g/mol. The summed E-state index contributed by atoms with van der Waals surface area (Å²) >= 11 is 0. The van der Waals surface area contributed by atoms with E-state index in [1.54, 1.807) is 0 Å². The Labute approximate surface area is 144 Å². The molecular weight excluding hydrogens is 310 g/mol. The smallest absolute Gasteiger partial charge is 0.186 e. The van der Waals surface area contributed by atoms with Crippen molar-refractivity contribution in [3.8, 4) is 0 Å². The molecule has 5 heteroatoms. The average Bonchev–Trinajstić information content (AvgIpc) is 2.36. The molecule has 0 saturated heterocycles. The Morgan fingerprint density at radius 2 is 1.70 bits per heavy atom. The van der Waals surface area contributed by atoms with Crippen LogP contribution in [0.3, 0.4) is 0 Å². The van der Waals surface area contributed by atoms with E-state index < -0.39 is 10.3 Å². The lowest BCUT2D eigenvalue weighted by molar-refractivity contribution is -0.0655. The molecule has 1 heterocycles. The molecule has 0 aliphatic carbocycles. The van der Waals surface area contributed by atoms with Crippen LogP contribution in [-0.4, -0.2) is 48.1 Å². The molecule has 0 aromatic carbocycles. The summed E-state index contributed by atoms with van der Waals surface area (Å²) in [6.45, 7) is 15.0. The van der Waals surface area contributed by atoms with Crippen LogP contribution in [0.25, 0.3) is 0 Å². The van der Waals surface area contributed by atoms with Gasteiger partial charge in [-0.2, -0.15) is 0 Å². The number of ether oxygens (including phenoxy) is 2. The van der Waals surface area contributed by atoms with Gasteiger partial charge in [-0.1, -0.05) is 47.6 Å². The van der Waals surface area contributed by atoms with Crippen molar-refractivity contribution in [1.82, 2.24) is 0 Å². The molecule has 1 rings (SSSR count). The first-order chi connectivity index (χ1) is 10.2. The SMILES string of the molecule is C[C@@H]1C=C[C@H](OC(=N)C(C)(C)C)[C@@H](COS(C)(C)C(C)(C)C)O1. The van der Waals surface area contributed by atoms with Gasteiger partial charge in [-0.25, -0.2) is 0 Å². The first-order valence-corrected chi connectivity index (χ1v) is 10.6. The molecule has 1 aliphatic heterocycles. The third-order valence-corrected chi connectivity index (χ3v) is 7.94. The largest absolute Gasteiger partial charge is 0.470 e. The molecule has 0 bridgehead atoms. The van der Waals surface area contributed by atoms with Gasteiger partial charge in [-0.05, 0) is 25.5 Å². The van der Waals surface area contributed by atoms with Crippen LogP contribution in [0, 0.1) is 10.8 Å². The van der Waals surface area contributed by atoms with Crippen LogP contribution < -0.4 is 0 Å². The Morgan fingerprint density at radius 3 is 2.17 bits per heavy atom. The monoisotopic (exact) mass is 345 g/mol. The van der Waals surface area contributed by atoms with Crippen LogP contribution in [0.15, 0.2) is 12.2 Å². The Hall–Kier alpha value is -0.520. The van der Waals surface area contributed by atoms with Crippen molar-refractivity contribution >= 4 is 16.2 Å². The van der Waals surface area contributed by atoms with E-state index in [9.17, 15) is 0 Å². The van der Waals surface area contributed by atoms with Gasteiger partial charge >= 0.3 is 0 Å². The topological polar surface area (TPSA) is 51.5 Å². The van der Waals surface area contributed by atoms with Gasteiger partial charge in [0.25, 0.3) is 0 Å². The summed E-state index contributed by atoms with van der Waals surface area (Å²) in [6.07, 6.45) is 7.94. The summed E-state index contributed by atoms with van der Waals surface area (Å²) in [5.41, 5.74) is -0.307. The number of nitrogens with one attached hydrogen (secondary N) is 1. The fraction of sp³-hybridized carbons (Fsp3) is 0.833. The van der Waals surface area contributed by atoms with Gasteiger partial charge in [-0.3, -0.25) is 5.41 Å². The Morgan fingerprint density at radius 1 is 1.13 bits per heavy atom. The van der Waals surface area contributed by atoms with E-state index in [4.69, 9.17) is 19.1 Å². The van der Waals surface area contributed by atoms with Gasteiger partial charge in [0.15, 0.2) is 5.90 Å². The Kier molecular flexibility index (Phi) is 6.39. The molecule has 0 aromatic rings. The lowest BCUT2D eigenvalue weighted by atomic mass is 9.96. The molecular formula is C18H35NO3S. The second kappa shape index (κ2) is 7.16. The highest BCUT2D eigenvalue weighted by atomic mass is 32.3. The van der Waals surface area contributed by atoms with Crippen molar-refractivity contribution < 1.29 is 13.7 Å². The van der Waals surface area contributed by atoms with E-state index in [0.29, 0.717) is 6.61 Å². The zero-order valence-electron chi connectivity index (χ0n) is 16.2. The highest BCUT2D eigenvalue weighted by molar-refractivity contribution is 8.29. The van der Waals surface area contributed by atoms with Crippen molar-refractivity contribution in [3.63, 3.8) is 0 Å². The van der Waals surface area contributed by atoms with Gasteiger partial charge in [-0.15, -0.1) is 10.3 Å². The van der Waals surface area contributed by atoms with Crippen molar-refractivity contribution in [2.45, 2.75) is 71.5 Å². The van der Waals surface area contributed by atoms with E-state index in [-0.39, 0.29) is 34.4 Å². The molecule has 4 nitrogen and oxygen atoms in total. The minimum absolute atomic E-state index is 0.0417. The standard InChI is InChI=1S/C18H35NO3S/c1-13-10-11-14(22-16(19)17(2,3)4)15(21-13)12-20-23(8,9)18(5,6)7/h10-11,13-15,19H,12H2,1-9H3/t13-,14+,15-/m1/s1. The fourth-order valence-corrected chi connectivity index (χ4v) is 2.59. The maximum absolute atomic E-state index is 8.12. The molecule has 136 valence electrons. The predicted molar refractivity (Wildman–Crippen MR) is 101 cm³/mol. The van der Waals surface area contributed by atoms with Gasteiger partial charge in [0.05, 0.1) is 12.7 Å². The van der Waals surface area contributed by atoms with Crippen molar-refractivity contribution in [3.05, 3.63) is 12.2 Å². The summed E-state index contributed by atoms with van der Waals surface area (Å²) in [5, 5.41) is 8.12. The molecule has 0 saturated carbocycles. The van der Waals surface area contributed by atoms with Gasteiger partial charge in [0, 0.05) is 10.2 Å². The molecule has 0 radical (unpaired) electrons. The van der Waals surface area contributed by atoms with Gasteiger partial charge in [0.2, 0.25) is 0 Å². The summed E-state index contributed by atoms with van der Waals surface area (Å²) < 4.78 is 18.2. The number of rotatable bonds is 4. The molecule has 1 N–H and O–H groups in total. The van der Waals surface area contributed by atoms with E-state index in [1.165, 1.54) is 0 Å². The van der Waals surface area contributed by atoms with Crippen LogP contribution in [0.4, 0.5) is 0 Å². The zero-order chi connectivity index (χ0) is 18.1. The van der Waals surface area contributed by atoms with Crippen molar-refractivity contribution in [2.75, 3.05) is 19.1 Å². The van der Waals surface area contributed by atoms with Crippen LogP contribution in [0.2, 0.25) is 0 Å². The summed E-state index contributed by atoms with van der Waals surface area (Å²) in [7, 11) is -1.21. The van der Waals surface area contributed by atoms with E-state index in [0.717, 1.165) is 0 Å². The molecule has 1 aliphatic rings. The van der Waals surface area contributed by atoms with Crippen molar-refractivity contribution in [2.24, 2.45) is 5.41 Å². The van der Waals surface area contributed by atoms with Crippen LogP contribution >= 0.6 is 10.3 Å². The predicted octanol–water partition coefficient (Wildman–Crippen LogP) is 4.53. The van der Waals surface area contributed by atoms with Gasteiger partial charge < -0.3 is 13.7 Å². The third-order valence-electron chi connectivity index (χ3n) is 4.26. The minimum atomic E-state index is -1.21. The molecule has 0 aromatic heterocycles. The minimum Gasteiger partial charge on any atom is -0.470 e.